The van der Waals surface area contributed by atoms with Gasteiger partial charge in [0.05, 0.1) is 18.1 Å². The van der Waals surface area contributed by atoms with Crippen LogP contribution < -0.4 is 0 Å². The summed E-state index contributed by atoms with van der Waals surface area (Å²) in [6, 6.07) is -0.0575. The SMILES string of the molecule is C=CCOC(=O)C1=C2[C@@H](CS[C@H]3CCN(C(=O)OCC=C)C3)CCC[C@@H]2[C@@H]2[C@@H]([C@@H](C)O[Si](C)(C)C(C)(C)C)C(=O)N12. The predicted octanol–water partition coefficient (Wildman–Crippen LogP) is 5.77. The molecule has 2 amide bonds. The van der Waals surface area contributed by atoms with Crippen LogP contribution in [0.2, 0.25) is 18.1 Å². The normalized spacial score (nSPS) is 28.5. The van der Waals surface area contributed by atoms with Crippen LogP contribution in [0.15, 0.2) is 36.6 Å². The number of hydrogen-bond donors (Lipinski definition) is 0. The Labute approximate surface area is 251 Å². The molecule has 4 aliphatic rings. The summed E-state index contributed by atoms with van der Waals surface area (Å²) in [5.74, 6) is 0.464. The average Bonchev–Trinajstić information content (AvgIpc) is 3.49. The zero-order chi connectivity index (χ0) is 30.1. The highest BCUT2D eigenvalue weighted by Crippen LogP contribution is 2.55. The molecule has 4 rings (SSSR count). The second-order valence-electron chi connectivity index (χ2n) is 13.3. The standard InChI is InChI=1S/C31H48N2O6SSi/c1-9-16-37-29(35)27-25-21(19-40-22-14-15-32(18-22)30(36)38-17-10-2)12-11-13-23(25)26-24(28(34)33(26)27)20(3)39-41(7,8)31(4,5)6/h9-10,20-24,26H,1-2,11-19H2,3-8H3/t20-,21-,22+,23+,24-,26-/m1/s1. The van der Waals surface area contributed by atoms with Gasteiger partial charge >= 0.3 is 12.1 Å². The maximum Gasteiger partial charge on any atom is 0.410 e. The van der Waals surface area contributed by atoms with Crippen molar-refractivity contribution in [3.63, 3.8) is 0 Å². The average molecular weight is 605 g/mol. The first-order valence-electron chi connectivity index (χ1n) is 15.0. The van der Waals surface area contributed by atoms with Crippen LogP contribution in [0.25, 0.3) is 0 Å². The monoisotopic (exact) mass is 604 g/mol. The summed E-state index contributed by atoms with van der Waals surface area (Å²) in [7, 11) is -2.08. The van der Waals surface area contributed by atoms with Crippen molar-refractivity contribution >= 4 is 38.0 Å². The lowest BCUT2D eigenvalue weighted by Crippen LogP contribution is -2.65. The van der Waals surface area contributed by atoms with Crippen LogP contribution in [0.5, 0.6) is 0 Å². The minimum atomic E-state index is -2.08. The van der Waals surface area contributed by atoms with Crippen LogP contribution in [-0.2, 0) is 23.5 Å². The van der Waals surface area contributed by atoms with Crippen molar-refractivity contribution in [2.24, 2.45) is 17.8 Å². The van der Waals surface area contributed by atoms with E-state index in [1.807, 2.05) is 18.7 Å². The zero-order valence-corrected chi connectivity index (χ0v) is 27.5. The molecule has 3 aliphatic heterocycles. The van der Waals surface area contributed by atoms with E-state index in [9.17, 15) is 14.4 Å². The molecule has 3 fully saturated rings. The topological polar surface area (TPSA) is 85.4 Å². The number of fused-ring (bicyclic) bond motifs is 3. The van der Waals surface area contributed by atoms with Gasteiger partial charge in [-0.15, -0.1) is 0 Å². The van der Waals surface area contributed by atoms with Gasteiger partial charge in [0.15, 0.2) is 8.32 Å². The Morgan fingerprint density at radius 3 is 2.46 bits per heavy atom. The molecule has 0 spiro atoms. The number of esters is 1. The molecule has 0 unspecified atom stereocenters. The number of amides is 2. The van der Waals surface area contributed by atoms with Crippen molar-refractivity contribution in [2.75, 3.05) is 32.1 Å². The van der Waals surface area contributed by atoms with Crippen molar-refractivity contribution < 1.29 is 28.3 Å². The molecule has 10 heteroatoms. The van der Waals surface area contributed by atoms with E-state index in [2.05, 4.69) is 47.0 Å². The lowest BCUT2D eigenvalue weighted by Gasteiger charge is -2.51. The van der Waals surface area contributed by atoms with Crippen molar-refractivity contribution in [2.45, 2.75) is 88.9 Å². The van der Waals surface area contributed by atoms with Gasteiger partial charge in [-0.05, 0) is 55.8 Å². The Balaban J connectivity index is 1.51. The summed E-state index contributed by atoms with van der Waals surface area (Å²) in [4.78, 5) is 43.0. The number of nitrogens with zero attached hydrogens (tertiary/aromatic N) is 2. The lowest BCUT2D eigenvalue weighted by atomic mass is 9.70. The van der Waals surface area contributed by atoms with Gasteiger partial charge in [0.1, 0.15) is 18.9 Å². The van der Waals surface area contributed by atoms with Crippen molar-refractivity contribution in [1.82, 2.24) is 9.80 Å². The van der Waals surface area contributed by atoms with Crippen LogP contribution in [0.3, 0.4) is 0 Å². The molecule has 0 aromatic carbocycles. The van der Waals surface area contributed by atoms with E-state index in [1.54, 1.807) is 22.0 Å². The zero-order valence-electron chi connectivity index (χ0n) is 25.6. The van der Waals surface area contributed by atoms with E-state index in [-0.39, 0.29) is 60.2 Å². The van der Waals surface area contributed by atoms with Crippen LogP contribution >= 0.6 is 11.8 Å². The summed E-state index contributed by atoms with van der Waals surface area (Å²) >= 11 is 1.86. The van der Waals surface area contributed by atoms with Gasteiger partial charge in [0.25, 0.3) is 0 Å². The molecule has 8 nitrogen and oxygen atoms in total. The summed E-state index contributed by atoms with van der Waals surface area (Å²) < 4.78 is 17.5. The van der Waals surface area contributed by atoms with E-state index >= 15 is 0 Å². The van der Waals surface area contributed by atoms with E-state index in [0.29, 0.717) is 24.0 Å². The molecule has 0 N–H and O–H groups in total. The third-order valence-electron chi connectivity index (χ3n) is 9.60. The van der Waals surface area contributed by atoms with Crippen LogP contribution in [0.1, 0.15) is 53.4 Å². The van der Waals surface area contributed by atoms with E-state index in [1.165, 1.54) is 0 Å². The molecule has 3 heterocycles. The molecule has 2 saturated heterocycles. The minimum Gasteiger partial charge on any atom is -0.457 e. The van der Waals surface area contributed by atoms with Gasteiger partial charge in [-0.3, -0.25) is 4.79 Å². The molecule has 0 bridgehead atoms. The first-order valence-corrected chi connectivity index (χ1v) is 18.9. The molecular weight excluding hydrogens is 557 g/mol. The molecule has 1 aliphatic carbocycles. The number of likely N-dealkylation sites (tertiary alicyclic amines) is 1. The Kier molecular flexibility index (Phi) is 9.86. The van der Waals surface area contributed by atoms with E-state index < -0.39 is 14.3 Å². The van der Waals surface area contributed by atoms with Gasteiger partial charge in [-0.2, -0.15) is 11.8 Å². The van der Waals surface area contributed by atoms with Crippen LogP contribution in [0.4, 0.5) is 4.79 Å². The smallest absolute Gasteiger partial charge is 0.410 e. The highest BCUT2D eigenvalue weighted by molar-refractivity contribution is 7.99. The minimum absolute atomic E-state index is 0.0236. The fourth-order valence-corrected chi connectivity index (χ4v) is 9.41. The fourth-order valence-electron chi connectivity index (χ4n) is 6.57. The third kappa shape index (κ3) is 6.34. The Morgan fingerprint density at radius 2 is 1.80 bits per heavy atom. The summed E-state index contributed by atoms with van der Waals surface area (Å²) in [6.45, 7) is 22.1. The van der Waals surface area contributed by atoms with E-state index in [0.717, 1.165) is 37.0 Å². The number of ether oxygens (including phenoxy) is 2. The predicted molar refractivity (Wildman–Crippen MR) is 165 cm³/mol. The molecule has 41 heavy (non-hydrogen) atoms. The van der Waals surface area contributed by atoms with Crippen molar-refractivity contribution in [3.8, 4) is 0 Å². The number of thioether (sulfide) groups is 1. The molecule has 6 atom stereocenters. The second-order valence-corrected chi connectivity index (χ2v) is 19.4. The number of β-lactam (4-membered cyclic amide) rings is 1. The summed E-state index contributed by atoms with van der Waals surface area (Å²) in [5.41, 5.74) is 1.56. The molecular formula is C31H48N2O6SSi. The van der Waals surface area contributed by atoms with Gasteiger partial charge in [0, 0.05) is 30.0 Å². The fraction of sp³-hybridized carbons (Fsp3) is 0.710. The van der Waals surface area contributed by atoms with Crippen molar-refractivity contribution in [3.05, 3.63) is 36.6 Å². The highest BCUT2D eigenvalue weighted by Gasteiger charge is 2.63. The molecule has 228 valence electrons. The molecule has 0 aromatic heterocycles. The van der Waals surface area contributed by atoms with Gasteiger partial charge < -0.3 is 23.7 Å². The Bertz CT molecular complexity index is 1080. The molecule has 0 radical (unpaired) electrons. The quantitative estimate of drug-likeness (QED) is 0.128. The third-order valence-corrected chi connectivity index (χ3v) is 15.6. The molecule has 1 saturated carbocycles. The Hall–Kier alpha value is -2.04. The maximum atomic E-state index is 13.7. The largest absolute Gasteiger partial charge is 0.457 e. The highest BCUT2D eigenvalue weighted by atomic mass is 32.2. The van der Waals surface area contributed by atoms with Crippen molar-refractivity contribution in [1.29, 1.82) is 0 Å². The number of carbonyl (C=O) groups excluding carboxylic acids is 3. The van der Waals surface area contributed by atoms with Crippen LogP contribution in [0, 0.1) is 17.8 Å². The van der Waals surface area contributed by atoms with Gasteiger partial charge in [-0.1, -0.05) is 52.5 Å². The number of rotatable bonds is 11. The van der Waals surface area contributed by atoms with Gasteiger partial charge in [-0.25, -0.2) is 9.59 Å². The number of carbonyl (C=O) groups is 3. The van der Waals surface area contributed by atoms with Crippen LogP contribution in [-0.4, -0.2) is 85.5 Å². The molecule has 0 aromatic rings. The Morgan fingerprint density at radius 1 is 1.12 bits per heavy atom. The van der Waals surface area contributed by atoms with Gasteiger partial charge in [0.2, 0.25) is 5.91 Å². The summed E-state index contributed by atoms with van der Waals surface area (Å²) in [5, 5.41) is 0.354. The first kappa shape index (κ1) is 31.9. The summed E-state index contributed by atoms with van der Waals surface area (Å²) in [6.07, 6.45) is 6.53. The lowest BCUT2D eigenvalue weighted by molar-refractivity contribution is -0.163. The first-order chi connectivity index (χ1) is 19.3. The van der Waals surface area contributed by atoms with E-state index in [4.69, 9.17) is 13.9 Å². The second kappa shape index (κ2) is 12.7. The maximum absolute atomic E-state index is 13.7. The number of hydrogen-bond acceptors (Lipinski definition) is 7.